The lowest BCUT2D eigenvalue weighted by atomic mass is 10.1. The van der Waals surface area contributed by atoms with Crippen molar-refractivity contribution in [1.82, 2.24) is 9.88 Å². The lowest BCUT2D eigenvalue weighted by molar-refractivity contribution is -0.134. The second-order valence-electron chi connectivity index (χ2n) is 7.32. The van der Waals surface area contributed by atoms with E-state index in [9.17, 15) is 9.18 Å². The normalized spacial score (nSPS) is 16.2. The molecule has 0 bridgehead atoms. The molecule has 1 aromatic heterocycles. The van der Waals surface area contributed by atoms with Crippen LogP contribution in [0.15, 0.2) is 59.1 Å². The summed E-state index contributed by atoms with van der Waals surface area (Å²) in [6.45, 7) is 2.64. The minimum absolute atomic E-state index is 0.0174. The fourth-order valence-corrected chi connectivity index (χ4v) is 3.59. The molecule has 6 heteroatoms. The summed E-state index contributed by atoms with van der Waals surface area (Å²) in [7, 11) is 0. The Balaban J connectivity index is 1.39. The highest BCUT2D eigenvalue weighted by Crippen LogP contribution is 2.32. The zero-order chi connectivity index (χ0) is 20.2. The number of rotatable bonds is 6. The van der Waals surface area contributed by atoms with Gasteiger partial charge in [-0.25, -0.2) is 9.37 Å². The highest BCUT2D eigenvalue weighted by atomic mass is 19.1. The van der Waals surface area contributed by atoms with Crippen LogP contribution < -0.4 is 4.74 Å². The third kappa shape index (κ3) is 4.65. The van der Waals surface area contributed by atoms with Crippen LogP contribution in [-0.2, 0) is 11.2 Å². The molecule has 4 rings (SSSR count). The molecule has 1 unspecified atom stereocenters. The summed E-state index contributed by atoms with van der Waals surface area (Å²) in [5.74, 6) is 1.49. The molecule has 1 aliphatic rings. The van der Waals surface area contributed by atoms with Crippen molar-refractivity contribution in [1.29, 1.82) is 0 Å². The summed E-state index contributed by atoms with van der Waals surface area (Å²) < 4.78 is 24.9. The highest BCUT2D eigenvalue weighted by Gasteiger charge is 2.33. The van der Waals surface area contributed by atoms with Crippen molar-refractivity contribution >= 4 is 5.91 Å². The molecule has 1 fully saturated rings. The maximum atomic E-state index is 13.4. The van der Waals surface area contributed by atoms with Crippen LogP contribution in [0.1, 0.15) is 41.7 Å². The van der Waals surface area contributed by atoms with E-state index in [2.05, 4.69) is 4.98 Å². The molecule has 0 radical (unpaired) electrons. The molecule has 0 aliphatic carbocycles. The number of amides is 1. The zero-order valence-electron chi connectivity index (χ0n) is 16.3. The standard InChI is InChI=1S/C23H23FN2O3/c1-16-7-9-19(10-8-16)28-15-22(27)26-11-3-6-21(26)23-25-14-20(29-23)13-17-4-2-5-18(24)12-17/h2,4-5,7-10,12,14,21H,3,6,11,13,15H2,1H3. The van der Waals surface area contributed by atoms with Gasteiger partial charge in [-0.15, -0.1) is 0 Å². The Morgan fingerprint density at radius 2 is 2.10 bits per heavy atom. The van der Waals surface area contributed by atoms with Crippen LogP contribution in [-0.4, -0.2) is 28.9 Å². The first-order chi connectivity index (χ1) is 14.1. The molecule has 1 amide bonds. The molecule has 1 saturated heterocycles. The van der Waals surface area contributed by atoms with E-state index in [4.69, 9.17) is 9.15 Å². The molecule has 5 nitrogen and oxygen atoms in total. The molecule has 29 heavy (non-hydrogen) atoms. The van der Waals surface area contributed by atoms with E-state index in [0.717, 1.165) is 24.0 Å². The average Bonchev–Trinajstić information content (AvgIpc) is 3.36. The first kappa shape index (κ1) is 19.2. The number of ether oxygens (including phenoxy) is 1. The number of benzene rings is 2. The molecule has 2 heterocycles. The van der Waals surface area contributed by atoms with Crippen LogP contribution >= 0.6 is 0 Å². The first-order valence-corrected chi connectivity index (χ1v) is 9.76. The van der Waals surface area contributed by atoms with Crippen LogP contribution in [0, 0.1) is 12.7 Å². The van der Waals surface area contributed by atoms with Gasteiger partial charge in [-0.2, -0.15) is 0 Å². The molecule has 0 saturated carbocycles. The summed E-state index contributed by atoms with van der Waals surface area (Å²) in [6, 6.07) is 13.8. The number of hydrogen-bond donors (Lipinski definition) is 0. The van der Waals surface area contributed by atoms with Crippen LogP contribution in [0.4, 0.5) is 4.39 Å². The number of oxazole rings is 1. The van der Waals surface area contributed by atoms with E-state index in [1.54, 1.807) is 17.2 Å². The minimum atomic E-state index is -0.275. The van der Waals surface area contributed by atoms with Crippen LogP contribution in [0.3, 0.4) is 0 Å². The van der Waals surface area contributed by atoms with Gasteiger partial charge in [0.15, 0.2) is 6.61 Å². The Kier molecular flexibility index (Phi) is 5.60. The minimum Gasteiger partial charge on any atom is -0.484 e. The molecule has 0 N–H and O–H groups in total. The van der Waals surface area contributed by atoms with E-state index < -0.39 is 0 Å². The average molecular weight is 394 g/mol. The topological polar surface area (TPSA) is 55.6 Å². The Morgan fingerprint density at radius 1 is 1.28 bits per heavy atom. The molecule has 1 atom stereocenters. The van der Waals surface area contributed by atoms with Crippen LogP contribution in [0.25, 0.3) is 0 Å². The fourth-order valence-electron chi connectivity index (χ4n) is 3.59. The summed E-state index contributed by atoms with van der Waals surface area (Å²) >= 11 is 0. The predicted octanol–water partition coefficient (Wildman–Crippen LogP) is 4.46. The van der Waals surface area contributed by atoms with E-state index in [1.807, 2.05) is 37.3 Å². The van der Waals surface area contributed by atoms with Gasteiger partial charge < -0.3 is 14.1 Å². The van der Waals surface area contributed by atoms with Crippen LogP contribution in [0.2, 0.25) is 0 Å². The van der Waals surface area contributed by atoms with Crippen molar-refractivity contribution in [2.75, 3.05) is 13.2 Å². The van der Waals surface area contributed by atoms with Gasteiger partial charge in [0.1, 0.15) is 23.4 Å². The maximum absolute atomic E-state index is 13.4. The Bertz CT molecular complexity index is 984. The van der Waals surface area contributed by atoms with Crippen molar-refractivity contribution in [2.45, 2.75) is 32.2 Å². The van der Waals surface area contributed by atoms with E-state index in [0.29, 0.717) is 30.4 Å². The first-order valence-electron chi connectivity index (χ1n) is 9.76. The molecular weight excluding hydrogens is 371 g/mol. The number of hydrogen-bond acceptors (Lipinski definition) is 4. The Morgan fingerprint density at radius 3 is 2.90 bits per heavy atom. The molecule has 3 aromatic rings. The van der Waals surface area contributed by atoms with Crippen molar-refractivity contribution in [3.05, 3.63) is 83.3 Å². The van der Waals surface area contributed by atoms with Crippen LogP contribution in [0.5, 0.6) is 5.75 Å². The van der Waals surface area contributed by atoms with E-state index >= 15 is 0 Å². The number of halogens is 1. The number of carbonyl (C=O) groups excluding carboxylic acids is 1. The number of nitrogens with zero attached hydrogens (tertiary/aromatic N) is 2. The number of carbonyl (C=O) groups is 1. The lowest BCUT2D eigenvalue weighted by Crippen LogP contribution is -2.34. The van der Waals surface area contributed by atoms with Gasteiger partial charge in [-0.3, -0.25) is 4.79 Å². The summed E-state index contributed by atoms with van der Waals surface area (Å²) in [6.07, 6.45) is 3.81. The molecule has 2 aromatic carbocycles. The van der Waals surface area contributed by atoms with E-state index in [1.165, 1.54) is 12.1 Å². The third-order valence-electron chi connectivity index (χ3n) is 5.08. The number of aromatic nitrogens is 1. The zero-order valence-corrected chi connectivity index (χ0v) is 16.3. The van der Waals surface area contributed by atoms with Gasteiger partial charge in [0.25, 0.3) is 5.91 Å². The van der Waals surface area contributed by atoms with Crippen molar-refractivity contribution in [3.8, 4) is 5.75 Å². The quantitative estimate of drug-likeness (QED) is 0.620. The van der Waals surface area contributed by atoms with Gasteiger partial charge in [-0.1, -0.05) is 29.8 Å². The highest BCUT2D eigenvalue weighted by molar-refractivity contribution is 5.78. The molecule has 1 aliphatic heterocycles. The van der Waals surface area contributed by atoms with Crippen molar-refractivity contribution in [2.24, 2.45) is 0 Å². The number of aryl methyl sites for hydroxylation is 1. The van der Waals surface area contributed by atoms with Gasteiger partial charge >= 0.3 is 0 Å². The van der Waals surface area contributed by atoms with Gasteiger partial charge in [0, 0.05) is 13.0 Å². The van der Waals surface area contributed by atoms with Crippen molar-refractivity contribution in [3.63, 3.8) is 0 Å². The van der Waals surface area contributed by atoms with Gasteiger partial charge in [0.2, 0.25) is 5.89 Å². The molecule has 150 valence electrons. The molecule has 0 spiro atoms. The smallest absolute Gasteiger partial charge is 0.261 e. The predicted molar refractivity (Wildman–Crippen MR) is 106 cm³/mol. The largest absolute Gasteiger partial charge is 0.484 e. The summed E-state index contributed by atoms with van der Waals surface area (Å²) in [5, 5.41) is 0. The Hall–Kier alpha value is -3.15. The van der Waals surface area contributed by atoms with Gasteiger partial charge in [0.05, 0.1) is 6.20 Å². The van der Waals surface area contributed by atoms with Gasteiger partial charge in [-0.05, 0) is 49.6 Å². The molecular formula is C23H23FN2O3. The monoisotopic (exact) mass is 394 g/mol. The second kappa shape index (κ2) is 8.47. The lowest BCUT2D eigenvalue weighted by Gasteiger charge is -2.22. The Labute approximate surface area is 169 Å². The fraction of sp³-hybridized carbons (Fsp3) is 0.304. The third-order valence-corrected chi connectivity index (χ3v) is 5.08. The van der Waals surface area contributed by atoms with E-state index in [-0.39, 0.29) is 24.4 Å². The second-order valence-corrected chi connectivity index (χ2v) is 7.32. The number of likely N-dealkylation sites (tertiary alicyclic amines) is 1. The van der Waals surface area contributed by atoms with Crippen molar-refractivity contribution < 1.29 is 18.3 Å². The SMILES string of the molecule is Cc1ccc(OCC(=O)N2CCCC2c2ncc(Cc3cccc(F)c3)o2)cc1. The summed E-state index contributed by atoms with van der Waals surface area (Å²) in [4.78, 5) is 18.8. The summed E-state index contributed by atoms with van der Waals surface area (Å²) in [5.41, 5.74) is 1.96. The maximum Gasteiger partial charge on any atom is 0.261 e.